The average molecular weight is 403 g/mol. The van der Waals surface area contributed by atoms with Crippen LogP contribution in [0.15, 0.2) is 24.3 Å². The Bertz CT molecular complexity index is 744. The molecule has 1 heterocycles. The minimum absolute atomic E-state index is 0.0289. The van der Waals surface area contributed by atoms with Crippen LogP contribution in [0.1, 0.15) is 44.9 Å². The number of anilines is 2. The van der Waals surface area contributed by atoms with Crippen LogP contribution in [0.2, 0.25) is 0 Å². The smallest absolute Gasteiger partial charge is 0.306 e. The highest BCUT2D eigenvalue weighted by Gasteiger charge is 2.32. The molecule has 1 unspecified atom stereocenters. The molecule has 0 spiro atoms. The van der Waals surface area contributed by atoms with Crippen molar-refractivity contribution in [3.05, 3.63) is 24.3 Å². The normalized spacial score (nSPS) is 19.4. The van der Waals surface area contributed by atoms with Crippen molar-refractivity contribution in [2.45, 2.75) is 51.0 Å². The predicted molar refractivity (Wildman–Crippen MR) is 110 cm³/mol. The van der Waals surface area contributed by atoms with Gasteiger partial charge < -0.3 is 14.9 Å². The lowest BCUT2D eigenvalue weighted by molar-refractivity contribution is -0.142. The fraction of sp³-hybridized carbons (Fsp3) is 0.524. The van der Waals surface area contributed by atoms with Crippen LogP contribution in [-0.2, 0) is 19.2 Å². The molecular formula is C21H29N3O5. The van der Waals surface area contributed by atoms with E-state index in [4.69, 9.17) is 5.11 Å². The molecular weight excluding hydrogens is 374 g/mol. The quantitative estimate of drug-likeness (QED) is 0.576. The van der Waals surface area contributed by atoms with E-state index in [-0.39, 0.29) is 18.2 Å². The lowest BCUT2D eigenvalue weighted by Gasteiger charge is -2.32. The standard InChI is InChI=1S/C14H17N3O3.C7H12O2/c1-16(2)10-5-3-4-6-11(10)17(9-18)12-7-8-13(19)15-14(12)20;8-7(9)6-4-2-1-3-5-6/h3-6,9,12H,7-8H2,1-2H3,(H,15,19,20);6H,1-5H2,(H,8,9). The van der Waals surface area contributed by atoms with Crippen LogP contribution in [0.5, 0.6) is 0 Å². The van der Waals surface area contributed by atoms with E-state index in [1.807, 2.05) is 37.2 Å². The maximum atomic E-state index is 11.9. The van der Waals surface area contributed by atoms with Gasteiger partial charge in [-0.05, 0) is 31.4 Å². The van der Waals surface area contributed by atoms with Gasteiger partial charge in [0.1, 0.15) is 6.04 Å². The number of carbonyl (C=O) groups excluding carboxylic acids is 3. The fourth-order valence-electron chi connectivity index (χ4n) is 3.66. The third-order valence-electron chi connectivity index (χ3n) is 5.26. The molecule has 1 aromatic carbocycles. The van der Waals surface area contributed by atoms with Crippen molar-refractivity contribution in [3.8, 4) is 0 Å². The summed E-state index contributed by atoms with van der Waals surface area (Å²) in [6, 6.07) is 6.69. The summed E-state index contributed by atoms with van der Waals surface area (Å²) in [5, 5.41) is 10.8. The van der Waals surface area contributed by atoms with Crippen molar-refractivity contribution in [3.63, 3.8) is 0 Å². The number of piperidine rings is 1. The monoisotopic (exact) mass is 403 g/mol. The van der Waals surface area contributed by atoms with Crippen molar-refractivity contribution in [1.29, 1.82) is 0 Å². The first kappa shape index (κ1) is 22.4. The number of carboxylic acids is 1. The number of aliphatic carboxylic acids is 1. The van der Waals surface area contributed by atoms with Crippen LogP contribution in [0.3, 0.4) is 0 Å². The molecule has 1 saturated carbocycles. The Morgan fingerprint density at radius 3 is 2.17 bits per heavy atom. The van der Waals surface area contributed by atoms with Gasteiger partial charge in [-0.1, -0.05) is 31.4 Å². The first-order chi connectivity index (χ1) is 13.8. The summed E-state index contributed by atoms with van der Waals surface area (Å²) >= 11 is 0. The first-order valence-corrected chi connectivity index (χ1v) is 9.91. The Morgan fingerprint density at radius 2 is 1.69 bits per heavy atom. The van der Waals surface area contributed by atoms with E-state index in [9.17, 15) is 19.2 Å². The van der Waals surface area contributed by atoms with E-state index >= 15 is 0 Å². The van der Waals surface area contributed by atoms with Crippen LogP contribution in [-0.4, -0.2) is 49.4 Å². The minimum atomic E-state index is -0.647. The Morgan fingerprint density at radius 1 is 1.07 bits per heavy atom. The number of nitrogens with zero attached hydrogens (tertiary/aromatic N) is 2. The number of rotatable bonds is 5. The second kappa shape index (κ2) is 10.6. The van der Waals surface area contributed by atoms with Crippen LogP contribution in [0.4, 0.5) is 11.4 Å². The highest BCUT2D eigenvalue weighted by molar-refractivity contribution is 6.04. The van der Waals surface area contributed by atoms with Crippen molar-refractivity contribution in [2.75, 3.05) is 23.9 Å². The largest absolute Gasteiger partial charge is 0.481 e. The van der Waals surface area contributed by atoms with Crippen molar-refractivity contribution in [1.82, 2.24) is 5.32 Å². The maximum absolute atomic E-state index is 11.9. The molecule has 0 radical (unpaired) electrons. The van der Waals surface area contributed by atoms with Gasteiger partial charge in [0.05, 0.1) is 17.3 Å². The molecule has 0 bridgehead atoms. The molecule has 1 atom stereocenters. The van der Waals surface area contributed by atoms with E-state index < -0.39 is 17.9 Å². The van der Waals surface area contributed by atoms with Crippen LogP contribution in [0, 0.1) is 5.92 Å². The highest BCUT2D eigenvalue weighted by Crippen LogP contribution is 2.30. The van der Waals surface area contributed by atoms with Crippen LogP contribution < -0.4 is 15.1 Å². The molecule has 1 aliphatic carbocycles. The minimum Gasteiger partial charge on any atom is -0.481 e. The molecule has 0 aromatic heterocycles. The lowest BCUT2D eigenvalue weighted by Crippen LogP contribution is -2.52. The number of imide groups is 1. The Labute approximate surface area is 170 Å². The predicted octanol–water partition coefficient (Wildman–Crippen LogP) is 2.17. The van der Waals surface area contributed by atoms with Gasteiger partial charge in [-0.2, -0.15) is 0 Å². The van der Waals surface area contributed by atoms with Crippen LogP contribution in [0.25, 0.3) is 0 Å². The molecule has 2 aliphatic rings. The average Bonchev–Trinajstić information content (AvgIpc) is 2.71. The van der Waals surface area contributed by atoms with Crippen molar-refractivity contribution < 1.29 is 24.3 Å². The summed E-state index contributed by atoms with van der Waals surface area (Å²) in [5.74, 6) is -1.35. The number of hydrogen-bond acceptors (Lipinski definition) is 5. The Kier molecular flexibility index (Phi) is 8.18. The Hall–Kier alpha value is -2.90. The molecule has 8 heteroatoms. The summed E-state index contributed by atoms with van der Waals surface area (Å²) in [6.07, 6.45) is 6.46. The molecule has 1 saturated heterocycles. The zero-order chi connectivity index (χ0) is 21.4. The third-order valence-corrected chi connectivity index (χ3v) is 5.26. The van der Waals surface area contributed by atoms with Gasteiger partial charge in [-0.3, -0.25) is 24.5 Å². The summed E-state index contributed by atoms with van der Waals surface area (Å²) in [5.41, 5.74) is 1.49. The SMILES string of the molecule is CN(C)c1ccccc1N(C=O)C1CCC(=O)NC1=O.O=C(O)C1CCCCC1. The van der Waals surface area contributed by atoms with E-state index in [0.29, 0.717) is 18.5 Å². The van der Waals surface area contributed by atoms with Gasteiger partial charge in [0.2, 0.25) is 18.2 Å². The van der Waals surface area contributed by atoms with Crippen molar-refractivity contribution >= 4 is 35.6 Å². The molecule has 1 aromatic rings. The van der Waals surface area contributed by atoms with Gasteiger partial charge in [0.15, 0.2) is 0 Å². The van der Waals surface area contributed by atoms with Gasteiger partial charge in [-0.25, -0.2) is 0 Å². The van der Waals surface area contributed by atoms with E-state index in [1.54, 1.807) is 6.07 Å². The topological polar surface area (TPSA) is 107 Å². The summed E-state index contributed by atoms with van der Waals surface area (Å²) in [7, 11) is 3.73. The van der Waals surface area contributed by atoms with Gasteiger partial charge >= 0.3 is 5.97 Å². The number of nitrogens with one attached hydrogen (secondary N) is 1. The summed E-state index contributed by atoms with van der Waals surface area (Å²) in [4.78, 5) is 48.2. The Balaban J connectivity index is 0.000000278. The first-order valence-electron chi connectivity index (χ1n) is 9.91. The van der Waals surface area contributed by atoms with Crippen LogP contribution >= 0.6 is 0 Å². The second-order valence-electron chi connectivity index (χ2n) is 7.54. The summed E-state index contributed by atoms with van der Waals surface area (Å²) in [6.45, 7) is 0. The molecule has 2 fully saturated rings. The molecule has 3 amide bonds. The van der Waals surface area contributed by atoms with Gasteiger partial charge in [-0.15, -0.1) is 0 Å². The molecule has 2 N–H and O–H groups in total. The molecule has 29 heavy (non-hydrogen) atoms. The molecule has 1 aliphatic heterocycles. The van der Waals surface area contributed by atoms with Gasteiger partial charge in [0, 0.05) is 20.5 Å². The van der Waals surface area contributed by atoms with E-state index in [2.05, 4.69) is 5.32 Å². The van der Waals surface area contributed by atoms with E-state index in [1.165, 1.54) is 11.3 Å². The number of hydrogen-bond donors (Lipinski definition) is 2. The van der Waals surface area contributed by atoms with Gasteiger partial charge in [0.25, 0.3) is 0 Å². The number of amides is 3. The zero-order valence-corrected chi connectivity index (χ0v) is 17.0. The number of benzene rings is 1. The summed E-state index contributed by atoms with van der Waals surface area (Å²) < 4.78 is 0. The third kappa shape index (κ3) is 6.04. The number of carbonyl (C=O) groups is 4. The number of carboxylic acid groups (broad SMARTS) is 1. The highest BCUT2D eigenvalue weighted by atomic mass is 16.4. The molecule has 8 nitrogen and oxygen atoms in total. The van der Waals surface area contributed by atoms with E-state index in [0.717, 1.165) is 31.4 Å². The zero-order valence-electron chi connectivity index (χ0n) is 17.0. The maximum Gasteiger partial charge on any atom is 0.306 e. The second-order valence-corrected chi connectivity index (χ2v) is 7.54. The fourth-order valence-corrected chi connectivity index (χ4v) is 3.66. The number of para-hydroxylation sites is 2. The lowest BCUT2D eigenvalue weighted by atomic mass is 9.90. The molecule has 158 valence electrons. The molecule has 3 rings (SSSR count). The van der Waals surface area contributed by atoms with Crippen molar-refractivity contribution in [2.24, 2.45) is 5.92 Å².